The molecule has 1 aromatic carbocycles. The number of hydrogen-bond donors (Lipinski definition) is 2. The van der Waals surface area contributed by atoms with Crippen molar-refractivity contribution in [3.63, 3.8) is 0 Å². The van der Waals surface area contributed by atoms with Crippen molar-refractivity contribution in [2.45, 2.75) is 81.8 Å². The molecule has 7 nitrogen and oxygen atoms in total. The van der Waals surface area contributed by atoms with Crippen molar-refractivity contribution in [2.24, 2.45) is 0 Å². The number of carbonyl (C=O) groups is 3. The van der Waals surface area contributed by atoms with Crippen molar-refractivity contribution in [2.75, 3.05) is 12.4 Å². The first-order valence-corrected chi connectivity index (χ1v) is 12.6. The molecule has 2 aliphatic heterocycles. The molecule has 0 aromatic heterocycles. The summed E-state index contributed by atoms with van der Waals surface area (Å²) >= 11 is 1.84. The highest BCUT2D eigenvalue weighted by atomic mass is 32.2. The first-order valence-electron chi connectivity index (χ1n) is 11.6. The highest BCUT2D eigenvalue weighted by molar-refractivity contribution is 8.00. The lowest BCUT2D eigenvalue weighted by atomic mass is 9.91. The lowest BCUT2D eigenvalue weighted by Gasteiger charge is -2.47. The normalized spacial score (nSPS) is 24.8. The molecule has 2 fully saturated rings. The fourth-order valence-electron chi connectivity index (χ4n) is 4.73. The first-order chi connectivity index (χ1) is 15.4. The number of carbonyl (C=O) groups excluding carboxylic acids is 2. The first kappa shape index (κ1) is 24.6. The Balaban J connectivity index is 1.72. The second-order valence-electron chi connectivity index (χ2n) is 8.51. The molecule has 0 saturated carbocycles. The van der Waals surface area contributed by atoms with Gasteiger partial charge in [-0.15, -0.1) is 0 Å². The molecule has 2 saturated heterocycles. The van der Waals surface area contributed by atoms with Gasteiger partial charge in [-0.1, -0.05) is 30.3 Å². The number of aryl methyl sites for hydroxylation is 1. The van der Waals surface area contributed by atoms with Crippen LogP contribution in [0.25, 0.3) is 0 Å². The number of likely N-dealkylation sites (tertiary alicyclic amines) is 1. The minimum Gasteiger partial charge on any atom is -0.480 e. The van der Waals surface area contributed by atoms with Gasteiger partial charge in [-0.05, 0) is 63.7 Å². The third-order valence-corrected chi connectivity index (χ3v) is 7.82. The summed E-state index contributed by atoms with van der Waals surface area (Å²) in [7, 11) is 0. The topological polar surface area (TPSA) is 95.9 Å². The van der Waals surface area contributed by atoms with Crippen LogP contribution in [0.1, 0.15) is 51.5 Å². The number of amides is 1. The van der Waals surface area contributed by atoms with E-state index in [1.807, 2.05) is 42.1 Å². The Kier molecular flexibility index (Phi) is 8.99. The van der Waals surface area contributed by atoms with Crippen molar-refractivity contribution in [1.82, 2.24) is 10.2 Å². The summed E-state index contributed by atoms with van der Waals surface area (Å²) in [6, 6.07) is 7.66. The third-order valence-electron chi connectivity index (χ3n) is 6.32. The molecule has 0 spiro atoms. The van der Waals surface area contributed by atoms with Gasteiger partial charge in [-0.25, -0.2) is 4.79 Å². The fourth-order valence-corrected chi connectivity index (χ4v) is 6.16. The number of rotatable bonds is 9. The number of esters is 1. The van der Waals surface area contributed by atoms with Crippen LogP contribution in [0.2, 0.25) is 0 Å². The van der Waals surface area contributed by atoms with Crippen LogP contribution in [0.5, 0.6) is 0 Å². The third kappa shape index (κ3) is 6.04. The molecule has 3 rings (SSSR count). The van der Waals surface area contributed by atoms with Gasteiger partial charge < -0.3 is 14.7 Å². The van der Waals surface area contributed by atoms with Crippen molar-refractivity contribution in [3.8, 4) is 0 Å². The number of nitrogens with one attached hydrogen (secondary N) is 1. The Bertz CT molecular complexity index is 790. The summed E-state index contributed by atoms with van der Waals surface area (Å²) in [5, 5.41) is 13.2. The van der Waals surface area contributed by atoms with Gasteiger partial charge in [0.15, 0.2) is 0 Å². The van der Waals surface area contributed by atoms with E-state index in [0.29, 0.717) is 19.3 Å². The van der Waals surface area contributed by atoms with Crippen molar-refractivity contribution >= 4 is 29.6 Å². The Morgan fingerprint density at radius 2 is 1.97 bits per heavy atom. The standard InChI is InChI=1S/C24H34N2O5S/c1-3-31-24(30)18(12-11-17-8-5-4-6-9-17)25-16(2)22(27)26-19-10-7-15-32-21(19)14-13-20(26)23(28)29/h4-6,8-9,16,18-21,25H,3,7,10-15H2,1-2H3,(H,28,29)/t16?,18-,19?,20-,21?/m0/s1. The van der Waals surface area contributed by atoms with Crippen LogP contribution in [-0.2, 0) is 25.5 Å². The predicted molar refractivity (Wildman–Crippen MR) is 125 cm³/mol. The monoisotopic (exact) mass is 462 g/mol. The SMILES string of the molecule is CCOC(=O)[C@H](CCc1ccccc1)NC(C)C(=O)N1C2CCCSC2CC[C@H]1C(=O)O. The Morgan fingerprint density at radius 3 is 2.66 bits per heavy atom. The maximum Gasteiger partial charge on any atom is 0.326 e. The van der Waals surface area contributed by atoms with Crippen LogP contribution >= 0.6 is 11.8 Å². The molecule has 0 radical (unpaired) electrons. The van der Waals surface area contributed by atoms with E-state index in [1.54, 1.807) is 18.7 Å². The van der Waals surface area contributed by atoms with Gasteiger partial charge in [-0.2, -0.15) is 11.8 Å². The van der Waals surface area contributed by atoms with Gasteiger partial charge in [0, 0.05) is 11.3 Å². The van der Waals surface area contributed by atoms with E-state index < -0.39 is 24.1 Å². The number of fused-ring (bicyclic) bond motifs is 1. The molecule has 8 heteroatoms. The highest BCUT2D eigenvalue weighted by Crippen LogP contribution is 2.38. The summed E-state index contributed by atoms with van der Waals surface area (Å²) in [6.07, 6.45) is 4.25. The molecule has 0 bridgehead atoms. The largest absolute Gasteiger partial charge is 0.480 e. The number of nitrogens with zero attached hydrogens (tertiary/aromatic N) is 1. The maximum absolute atomic E-state index is 13.5. The minimum absolute atomic E-state index is 0.0642. The average molecular weight is 463 g/mol. The van der Waals surface area contributed by atoms with Crippen LogP contribution in [0.15, 0.2) is 30.3 Å². The van der Waals surface area contributed by atoms with Gasteiger partial charge in [0.25, 0.3) is 0 Å². The van der Waals surface area contributed by atoms with E-state index in [0.717, 1.165) is 30.6 Å². The number of aliphatic carboxylic acids is 1. The van der Waals surface area contributed by atoms with Gasteiger partial charge in [0.1, 0.15) is 12.1 Å². The van der Waals surface area contributed by atoms with Gasteiger partial charge in [0.05, 0.1) is 12.6 Å². The van der Waals surface area contributed by atoms with Crippen LogP contribution in [0.3, 0.4) is 0 Å². The summed E-state index contributed by atoms with van der Waals surface area (Å²) in [5.74, 6) is -0.532. The van der Waals surface area contributed by atoms with Crippen LogP contribution < -0.4 is 5.32 Å². The Labute approximate surface area is 194 Å². The smallest absolute Gasteiger partial charge is 0.326 e. The summed E-state index contributed by atoms with van der Waals surface area (Å²) in [5.41, 5.74) is 1.10. The molecule has 2 aliphatic rings. The molecule has 176 valence electrons. The number of piperidine rings is 1. The number of thioether (sulfide) groups is 1. The van der Waals surface area contributed by atoms with Crippen molar-refractivity contribution in [1.29, 1.82) is 0 Å². The van der Waals surface area contributed by atoms with Crippen LogP contribution in [0.4, 0.5) is 0 Å². The zero-order valence-corrected chi connectivity index (χ0v) is 19.7. The summed E-state index contributed by atoms with van der Waals surface area (Å²) < 4.78 is 5.24. The lowest BCUT2D eigenvalue weighted by molar-refractivity contribution is -0.156. The minimum atomic E-state index is -0.953. The van der Waals surface area contributed by atoms with Crippen molar-refractivity contribution in [3.05, 3.63) is 35.9 Å². The highest BCUT2D eigenvalue weighted by Gasteiger charge is 2.45. The molecule has 1 aromatic rings. The fraction of sp³-hybridized carbons (Fsp3) is 0.625. The zero-order valence-electron chi connectivity index (χ0n) is 18.9. The number of carboxylic acid groups (broad SMARTS) is 1. The van der Waals surface area contributed by atoms with Crippen LogP contribution in [-0.4, -0.2) is 69.6 Å². The number of benzene rings is 1. The molecule has 2 N–H and O–H groups in total. The molecule has 3 unspecified atom stereocenters. The number of ether oxygens (including phenoxy) is 1. The quantitative estimate of drug-likeness (QED) is 0.545. The van der Waals surface area contributed by atoms with E-state index in [4.69, 9.17) is 4.74 Å². The maximum atomic E-state index is 13.5. The van der Waals surface area contributed by atoms with Gasteiger partial charge in [-0.3, -0.25) is 14.9 Å². The lowest BCUT2D eigenvalue weighted by Crippen LogP contribution is -2.62. The van der Waals surface area contributed by atoms with E-state index in [-0.39, 0.29) is 29.8 Å². The van der Waals surface area contributed by atoms with Crippen molar-refractivity contribution < 1.29 is 24.2 Å². The zero-order chi connectivity index (χ0) is 23.1. The van der Waals surface area contributed by atoms with E-state index in [1.165, 1.54) is 0 Å². The average Bonchev–Trinajstić information content (AvgIpc) is 2.81. The Morgan fingerprint density at radius 1 is 1.22 bits per heavy atom. The molecule has 0 aliphatic carbocycles. The number of hydrogen-bond acceptors (Lipinski definition) is 6. The molecule has 2 heterocycles. The summed E-state index contributed by atoms with van der Waals surface area (Å²) in [4.78, 5) is 39.6. The summed E-state index contributed by atoms with van der Waals surface area (Å²) in [6.45, 7) is 3.74. The molecule has 32 heavy (non-hydrogen) atoms. The molecular formula is C24H34N2O5S. The molecule has 1 amide bonds. The van der Waals surface area contributed by atoms with Gasteiger partial charge >= 0.3 is 11.9 Å². The van der Waals surface area contributed by atoms with E-state index in [2.05, 4.69) is 5.32 Å². The van der Waals surface area contributed by atoms with E-state index >= 15 is 0 Å². The predicted octanol–water partition coefficient (Wildman–Crippen LogP) is 2.87. The second-order valence-corrected chi connectivity index (χ2v) is 9.86. The molecular weight excluding hydrogens is 428 g/mol. The second kappa shape index (κ2) is 11.7. The number of carboxylic acids is 1. The Hall–Kier alpha value is -2.06. The van der Waals surface area contributed by atoms with Crippen LogP contribution in [0, 0.1) is 0 Å². The van der Waals surface area contributed by atoms with E-state index in [9.17, 15) is 19.5 Å². The van der Waals surface area contributed by atoms with Gasteiger partial charge in [0.2, 0.25) is 5.91 Å². The molecule has 5 atom stereocenters.